The molecule has 4 nitrogen and oxygen atoms in total. The maximum atomic E-state index is 3.95. The van der Waals surface area contributed by atoms with Crippen LogP contribution in [0.25, 0.3) is 16.6 Å². The third-order valence-electron chi connectivity index (χ3n) is 2.00. The minimum atomic E-state index is 0.877. The summed E-state index contributed by atoms with van der Waals surface area (Å²) < 4.78 is 1.95. The van der Waals surface area contributed by atoms with Crippen molar-refractivity contribution in [3.8, 4) is 0 Å². The van der Waals surface area contributed by atoms with Crippen molar-refractivity contribution < 1.29 is 0 Å². The predicted molar refractivity (Wildman–Crippen MR) is 44.8 cm³/mol. The summed E-state index contributed by atoms with van der Waals surface area (Å²) in [4.78, 5) is 3.04. The smallest absolute Gasteiger partial charge is 0.161 e. The van der Waals surface area contributed by atoms with Crippen LogP contribution in [0.2, 0.25) is 0 Å². The van der Waals surface area contributed by atoms with Gasteiger partial charge < -0.3 is 4.98 Å². The van der Waals surface area contributed by atoms with Gasteiger partial charge in [0.05, 0.1) is 5.52 Å². The van der Waals surface area contributed by atoms with Crippen molar-refractivity contribution in [3.63, 3.8) is 0 Å². The molecule has 0 spiro atoms. The van der Waals surface area contributed by atoms with Gasteiger partial charge in [-0.15, -0.1) is 10.2 Å². The predicted octanol–water partition coefficient (Wildman–Crippen LogP) is 1.21. The van der Waals surface area contributed by atoms with E-state index in [1.54, 1.807) is 6.33 Å². The van der Waals surface area contributed by atoms with Crippen molar-refractivity contribution in [2.24, 2.45) is 0 Å². The first-order valence-electron chi connectivity index (χ1n) is 3.70. The maximum Gasteiger partial charge on any atom is 0.161 e. The lowest BCUT2D eigenvalue weighted by molar-refractivity contribution is 1.11. The molecule has 3 aromatic heterocycles. The molecule has 0 aromatic carbocycles. The highest BCUT2D eigenvalue weighted by molar-refractivity contribution is 5.81. The monoisotopic (exact) mass is 158 g/mol. The fraction of sp³-hybridized carbons (Fsp3) is 0. The zero-order valence-electron chi connectivity index (χ0n) is 6.23. The van der Waals surface area contributed by atoms with Crippen molar-refractivity contribution in [2.75, 3.05) is 0 Å². The first kappa shape index (κ1) is 5.77. The van der Waals surface area contributed by atoms with Crippen molar-refractivity contribution in [1.82, 2.24) is 19.6 Å². The molecule has 3 aromatic rings. The quantitative estimate of drug-likeness (QED) is 0.534. The van der Waals surface area contributed by atoms with Gasteiger partial charge in [0.1, 0.15) is 6.33 Å². The standard InChI is InChI=1S/C8H6N4/c1-2-8-11-10-5-12(8)7-4-9-3-6(1)7/h1-5,9H. The summed E-state index contributed by atoms with van der Waals surface area (Å²) in [7, 11) is 0. The van der Waals surface area contributed by atoms with Crippen molar-refractivity contribution in [2.45, 2.75) is 0 Å². The number of hydrogen-bond donors (Lipinski definition) is 1. The summed E-state index contributed by atoms with van der Waals surface area (Å²) in [6.07, 6.45) is 5.60. The van der Waals surface area contributed by atoms with Gasteiger partial charge in [0.15, 0.2) is 5.65 Å². The molecule has 0 saturated carbocycles. The van der Waals surface area contributed by atoms with E-state index in [1.807, 2.05) is 28.9 Å². The molecule has 0 saturated heterocycles. The van der Waals surface area contributed by atoms with Crippen LogP contribution in [-0.4, -0.2) is 19.6 Å². The number of pyridine rings is 1. The van der Waals surface area contributed by atoms with E-state index in [2.05, 4.69) is 15.2 Å². The highest BCUT2D eigenvalue weighted by atomic mass is 15.2. The van der Waals surface area contributed by atoms with Gasteiger partial charge in [0.2, 0.25) is 0 Å². The van der Waals surface area contributed by atoms with Gasteiger partial charge in [0.25, 0.3) is 0 Å². The minimum absolute atomic E-state index is 0.877. The SMILES string of the molecule is c1cc2nncn2c2c[nH]cc12. The lowest BCUT2D eigenvalue weighted by Crippen LogP contribution is -1.82. The molecule has 0 unspecified atom stereocenters. The number of H-pyrrole nitrogens is 1. The molecule has 58 valence electrons. The van der Waals surface area contributed by atoms with Gasteiger partial charge >= 0.3 is 0 Å². The number of rotatable bonds is 0. The number of fused-ring (bicyclic) bond motifs is 3. The van der Waals surface area contributed by atoms with E-state index in [4.69, 9.17) is 0 Å². The number of hydrogen-bond acceptors (Lipinski definition) is 2. The summed E-state index contributed by atoms with van der Waals surface area (Å²) >= 11 is 0. The average molecular weight is 158 g/mol. The van der Waals surface area contributed by atoms with Gasteiger partial charge in [-0.05, 0) is 12.1 Å². The number of nitrogens with zero attached hydrogens (tertiary/aromatic N) is 3. The summed E-state index contributed by atoms with van der Waals surface area (Å²) in [5.41, 5.74) is 1.99. The van der Waals surface area contributed by atoms with Crippen LogP contribution >= 0.6 is 0 Å². The lowest BCUT2D eigenvalue weighted by Gasteiger charge is -1.92. The van der Waals surface area contributed by atoms with Crippen LogP contribution in [0, 0.1) is 0 Å². The van der Waals surface area contributed by atoms with Crippen LogP contribution in [0.15, 0.2) is 30.9 Å². The molecule has 0 aliphatic heterocycles. The van der Waals surface area contributed by atoms with Crippen LogP contribution in [0.1, 0.15) is 0 Å². The normalized spacial score (nSPS) is 11.3. The Morgan fingerprint density at radius 1 is 1.25 bits per heavy atom. The fourth-order valence-corrected chi connectivity index (χ4v) is 1.42. The molecule has 3 heterocycles. The molecule has 0 bridgehead atoms. The summed E-state index contributed by atoms with van der Waals surface area (Å²) in [6, 6.07) is 3.97. The number of aromatic nitrogens is 4. The highest BCUT2D eigenvalue weighted by Gasteiger charge is 1.99. The van der Waals surface area contributed by atoms with E-state index in [-0.39, 0.29) is 0 Å². The molecule has 0 radical (unpaired) electrons. The second-order valence-electron chi connectivity index (χ2n) is 2.69. The molecule has 12 heavy (non-hydrogen) atoms. The van der Waals surface area contributed by atoms with Crippen LogP contribution in [0.3, 0.4) is 0 Å². The minimum Gasteiger partial charge on any atom is -0.365 e. The Labute approximate surface area is 67.8 Å². The lowest BCUT2D eigenvalue weighted by atomic mass is 10.3. The maximum absolute atomic E-state index is 3.95. The Hall–Kier alpha value is -1.84. The van der Waals surface area contributed by atoms with E-state index in [9.17, 15) is 0 Å². The van der Waals surface area contributed by atoms with E-state index >= 15 is 0 Å². The van der Waals surface area contributed by atoms with Gasteiger partial charge in [-0.25, -0.2) is 0 Å². The number of aromatic amines is 1. The molecule has 0 amide bonds. The first-order chi connectivity index (χ1) is 5.95. The van der Waals surface area contributed by atoms with Crippen molar-refractivity contribution in [3.05, 3.63) is 30.9 Å². The Bertz CT molecular complexity index is 484. The third-order valence-corrected chi connectivity index (χ3v) is 2.00. The van der Waals surface area contributed by atoms with E-state index in [0.29, 0.717) is 0 Å². The van der Waals surface area contributed by atoms with Crippen molar-refractivity contribution >= 4 is 16.6 Å². The van der Waals surface area contributed by atoms with Crippen LogP contribution in [0.5, 0.6) is 0 Å². The molecule has 0 aliphatic carbocycles. The summed E-state index contributed by atoms with van der Waals surface area (Å²) in [5, 5.41) is 8.95. The fourth-order valence-electron chi connectivity index (χ4n) is 1.42. The number of nitrogens with one attached hydrogen (secondary N) is 1. The second-order valence-corrected chi connectivity index (χ2v) is 2.69. The summed E-state index contributed by atoms with van der Waals surface area (Å²) in [6.45, 7) is 0. The summed E-state index contributed by atoms with van der Waals surface area (Å²) in [5.74, 6) is 0. The van der Waals surface area contributed by atoms with Crippen LogP contribution < -0.4 is 0 Å². The molecule has 1 N–H and O–H groups in total. The first-order valence-corrected chi connectivity index (χ1v) is 3.70. The Kier molecular flexibility index (Phi) is 0.889. The molecule has 0 atom stereocenters. The van der Waals surface area contributed by atoms with Crippen molar-refractivity contribution in [1.29, 1.82) is 0 Å². The van der Waals surface area contributed by atoms with Gasteiger partial charge in [-0.2, -0.15) is 0 Å². The molecule has 4 heteroatoms. The van der Waals surface area contributed by atoms with E-state index < -0.39 is 0 Å². The van der Waals surface area contributed by atoms with Crippen LogP contribution in [0.4, 0.5) is 0 Å². The molecule has 3 rings (SSSR count). The molecular formula is C8H6N4. The Morgan fingerprint density at radius 3 is 3.25 bits per heavy atom. The molecule has 0 fully saturated rings. The van der Waals surface area contributed by atoms with Gasteiger partial charge in [-0.3, -0.25) is 4.40 Å². The third kappa shape index (κ3) is 0.567. The Balaban J connectivity index is 2.71. The van der Waals surface area contributed by atoms with Gasteiger partial charge in [-0.1, -0.05) is 0 Å². The molecular weight excluding hydrogens is 152 g/mol. The average Bonchev–Trinajstić information content (AvgIpc) is 2.71. The topological polar surface area (TPSA) is 46.0 Å². The molecule has 0 aliphatic rings. The van der Waals surface area contributed by atoms with E-state index in [1.165, 1.54) is 5.39 Å². The highest BCUT2D eigenvalue weighted by Crippen LogP contribution is 2.13. The second kappa shape index (κ2) is 1.85. The van der Waals surface area contributed by atoms with Gasteiger partial charge in [0, 0.05) is 17.8 Å². The Morgan fingerprint density at radius 2 is 2.25 bits per heavy atom. The zero-order chi connectivity index (χ0) is 7.97. The van der Waals surface area contributed by atoms with Crippen LogP contribution in [-0.2, 0) is 0 Å². The largest absolute Gasteiger partial charge is 0.365 e. The van der Waals surface area contributed by atoms with E-state index in [0.717, 1.165) is 11.2 Å². The zero-order valence-corrected chi connectivity index (χ0v) is 6.23.